The summed E-state index contributed by atoms with van der Waals surface area (Å²) >= 11 is 0. The Morgan fingerprint density at radius 1 is 1.16 bits per heavy atom. The van der Waals surface area contributed by atoms with Gasteiger partial charge in [0.25, 0.3) is 0 Å². The molecule has 1 aliphatic carbocycles. The van der Waals surface area contributed by atoms with E-state index in [1.54, 1.807) is 0 Å². The predicted molar refractivity (Wildman–Crippen MR) is 66.7 cm³/mol. The van der Waals surface area contributed by atoms with Crippen LogP contribution in [0.15, 0.2) is 18.2 Å². The van der Waals surface area contributed by atoms with Crippen LogP contribution in [0.5, 0.6) is 0 Å². The molecule has 0 saturated heterocycles. The quantitative estimate of drug-likeness (QED) is 0.800. The molecule has 2 rings (SSSR count). The number of carbonyl (C=O) groups excluding carboxylic acids is 1. The first-order chi connectivity index (χ1) is 8.92. The minimum absolute atomic E-state index is 0.523. The van der Waals surface area contributed by atoms with Gasteiger partial charge in [-0.3, -0.25) is 4.79 Å². The molecule has 0 spiro atoms. The third-order valence-electron chi connectivity index (χ3n) is 3.38. The van der Waals surface area contributed by atoms with Crippen LogP contribution in [0.2, 0.25) is 0 Å². The van der Waals surface area contributed by atoms with Crippen LogP contribution in [0.4, 0.5) is 8.78 Å². The molecule has 0 radical (unpaired) electrons. The standard InChI is InChI=1S/C13H14F2O3S/c14-10-6-3-7-11(15)13(10)12(16)8-19(17,18)9-4-1-2-5-9/h3,6-7,9H,1-2,4-5,8H2. The van der Waals surface area contributed by atoms with Crippen molar-refractivity contribution in [2.45, 2.75) is 30.9 Å². The van der Waals surface area contributed by atoms with Crippen molar-refractivity contribution in [3.05, 3.63) is 35.4 Å². The van der Waals surface area contributed by atoms with Crippen LogP contribution in [0.25, 0.3) is 0 Å². The second-order valence-corrected chi connectivity index (χ2v) is 7.01. The molecule has 19 heavy (non-hydrogen) atoms. The Hall–Kier alpha value is -1.30. The molecular weight excluding hydrogens is 274 g/mol. The lowest BCUT2D eigenvalue weighted by molar-refractivity contribution is 0.101. The molecule has 0 aromatic heterocycles. The smallest absolute Gasteiger partial charge is 0.183 e. The zero-order valence-electron chi connectivity index (χ0n) is 10.2. The molecule has 0 N–H and O–H groups in total. The molecule has 1 aliphatic rings. The Morgan fingerprint density at radius 3 is 2.21 bits per heavy atom. The Labute approximate surface area is 110 Å². The highest BCUT2D eigenvalue weighted by Gasteiger charge is 2.32. The molecule has 0 amide bonds. The summed E-state index contributed by atoms with van der Waals surface area (Å²) in [6.07, 6.45) is 2.67. The molecule has 104 valence electrons. The second kappa shape index (κ2) is 5.36. The topological polar surface area (TPSA) is 51.2 Å². The number of hydrogen-bond donors (Lipinski definition) is 0. The summed E-state index contributed by atoms with van der Waals surface area (Å²) < 4.78 is 50.7. The number of carbonyl (C=O) groups is 1. The van der Waals surface area contributed by atoms with Gasteiger partial charge in [-0.15, -0.1) is 0 Å². The highest BCUT2D eigenvalue weighted by molar-refractivity contribution is 7.92. The number of halogens is 2. The highest BCUT2D eigenvalue weighted by Crippen LogP contribution is 2.26. The molecule has 0 unspecified atom stereocenters. The van der Waals surface area contributed by atoms with E-state index in [9.17, 15) is 22.0 Å². The van der Waals surface area contributed by atoms with E-state index in [1.807, 2.05) is 0 Å². The van der Waals surface area contributed by atoms with E-state index in [0.717, 1.165) is 31.0 Å². The normalized spacial score (nSPS) is 16.7. The summed E-state index contributed by atoms with van der Waals surface area (Å²) in [5, 5.41) is -0.550. The van der Waals surface area contributed by atoms with Crippen molar-refractivity contribution in [3.63, 3.8) is 0 Å². The monoisotopic (exact) mass is 288 g/mol. The molecule has 0 bridgehead atoms. The maximum Gasteiger partial charge on any atom is 0.183 e. The molecule has 3 nitrogen and oxygen atoms in total. The number of ketones is 1. The number of sulfone groups is 1. The molecular formula is C13H14F2O3S. The fourth-order valence-electron chi connectivity index (χ4n) is 2.38. The summed E-state index contributed by atoms with van der Waals surface area (Å²) in [6.45, 7) is 0. The van der Waals surface area contributed by atoms with Gasteiger partial charge in [0.05, 0.1) is 10.8 Å². The Kier molecular flexibility index (Phi) is 3.99. The molecule has 1 aromatic rings. The van der Waals surface area contributed by atoms with E-state index in [1.165, 1.54) is 0 Å². The summed E-state index contributed by atoms with van der Waals surface area (Å²) in [4.78, 5) is 11.8. The van der Waals surface area contributed by atoms with E-state index in [-0.39, 0.29) is 0 Å². The van der Waals surface area contributed by atoms with Gasteiger partial charge in [0.1, 0.15) is 17.4 Å². The van der Waals surface area contributed by atoms with Gasteiger partial charge in [0, 0.05) is 0 Å². The third-order valence-corrected chi connectivity index (χ3v) is 5.54. The van der Waals surface area contributed by atoms with Crippen LogP contribution in [0.3, 0.4) is 0 Å². The zero-order valence-corrected chi connectivity index (χ0v) is 11.1. The maximum absolute atomic E-state index is 13.4. The van der Waals surface area contributed by atoms with Crippen molar-refractivity contribution >= 4 is 15.6 Å². The van der Waals surface area contributed by atoms with Gasteiger partial charge in [0.2, 0.25) is 0 Å². The Balaban J connectivity index is 2.21. The third kappa shape index (κ3) is 3.00. The van der Waals surface area contributed by atoms with E-state index in [2.05, 4.69) is 0 Å². The van der Waals surface area contributed by atoms with Gasteiger partial charge >= 0.3 is 0 Å². The molecule has 0 aliphatic heterocycles. The lowest BCUT2D eigenvalue weighted by Gasteiger charge is -2.10. The fraction of sp³-hybridized carbons (Fsp3) is 0.462. The first kappa shape index (κ1) is 14.1. The van der Waals surface area contributed by atoms with Crippen molar-refractivity contribution in [3.8, 4) is 0 Å². The van der Waals surface area contributed by atoms with Crippen LogP contribution < -0.4 is 0 Å². The minimum Gasteiger partial charge on any atom is -0.293 e. The van der Waals surface area contributed by atoms with Crippen molar-refractivity contribution in [2.24, 2.45) is 0 Å². The summed E-state index contributed by atoms with van der Waals surface area (Å²) in [5.41, 5.74) is -0.760. The lowest BCUT2D eigenvalue weighted by Crippen LogP contribution is -2.26. The van der Waals surface area contributed by atoms with Gasteiger partial charge in [-0.25, -0.2) is 17.2 Å². The summed E-state index contributed by atoms with van der Waals surface area (Å²) in [7, 11) is -3.62. The van der Waals surface area contributed by atoms with Gasteiger partial charge in [-0.2, -0.15) is 0 Å². The van der Waals surface area contributed by atoms with Crippen molar-refractivity contribution in [1.82, 2.24) is 0 Å². The molecule has 0 heterocycles. The van der Waals surface area contributed by atoms with Crippen molar-refractivity contribution < 1.29 is 22.0 Å². The number of Topliss-reactive ketones (excluding diaryl/α,β-unsaturated/α-hetero) is 1. The average Bonchev–Trinajstić information content (AvgIpc) is 2.81. The molecule has 0 atom stereocenters. The first-order valence-electron chi connectivity index (χ1n) is 6.10. The van der Waals surface area contributed by atoms with E-state index in [0.29, 0.717) is 12.8 Å². The minimum atomic E-state index is -3.62. The van der Waals surface area contributed by atoms with E-state index < -0.39 is 43.8 Å². The van der Waals surface area contributed by atoms with Crippen molar-refractivity contribution in [1.29, 1.82) is 0 Å². The van der Waals surface area contributed by atoms with Crippen LogP contribution in [0.1, 0.15) is 36.0 Å². The Bertz CT molecular complexity index is 570. The van der Waals surface area contributed by atoms with Crippen molar-refractivity contribution in [2.75, 3.05) is 5.75 Å². The molecule has 1 fully saturated rings. The average molecular weight is 288 g/mol. The molecule has 1 saturated carbocycles. The second-order valence-electron chi connectivity index (χ2n) is 4.73. The van der Waals surface area contributed by atoms with Crippen LogP contribution in [-0.4, -0.2) is 25.2 Å². The number of hydrogen-bond acceptors (Lipinski definition) is 3. The molecule has 6 heteroatoms. The first-order valence-corrected chi connectivity index (χ1v) is 7.82. The summed E-state index contributed by atoms with van der Waals surface area (Å²) in [6, 6.07) is 3.02. The zero-order chi connectivity index (χ0) is 14.0. The number of rotatable bonds is 4. The van der Waals surface area contributed by atoms with E-state index in [4.69, 9.17) is 0 Å². The van der Waals surface area contributed by atoms with Crippen LogP contribution >= 0.6 is 0 Å². The van der Waals surface area contributed by atoms with Gasteiger partial charge in [-0.1, -0.05) is 18.9 Å². The van der Waals surface area contributed by atoms with Crippen LogP contribution in [-0.2, 0) is 9.84 Å². The van der Waals surface area contributed by atoms with Crippen LogP contribution in [0, 0.1) is 11.6 Å². The van der Waals surface area contributed by atoms with Gasteiger partial charge in [0.15, 0.2) is 15.6 Å². The summed E-state index contributed by atoms with van der Waals surface area (Å²) in [5.74, 6) is -3.88. The van der Waals surface area contributed by atoms with Gasteiger partial charge in [-0.05, 0) is 25.0 Å². The maximum atomic E-state index is 13.4. The Morgan fingerprint density at radius 2 is 1.68 bits per heavy atom. The molecule has 1 aromatic carbocycles. The van der Waals surface area contributed by atoms with Gasteiger partial charge < -0.3 is 0 Å². The fourth-order valence-corrected chi connectivity index (χ4v) is 4.18. The predicted octanol–water partition coefficient (Wildman–Crippen LogP) is 2.50. The largest absolute Gasteiger partial charge is 0.293 e. The highest BCUT2D eigenvalue weighted by atomic mass is 32.2. The number of benzene rings is 1. The SMILES string of the molecule is O=C(CS(=O)(=O)C1CCCC1)c1c(F)cccc1F. The van der Waals surface area contributed by atoms with E-state index >= 15 is 0 Å². The lowest BCUT2D eigenvalue weighted by atomic mass is 10.1.